The van der Waals surface area contributed by atoms with Gasteiger partial charge in [0.25, 0.3) is 0 Å². The molecule has 0 saturated heterocycles. The van der Waals surface area contributed by atoms with Crippen LogP contribution < -0.4 is 26.1 Å². The summed E-state index contributed by atoms with van der Waals surface area (Å²) in [5.41, 5.74) is 9.87. The van der Waals surface area contributed by atoms with Crippen molar-refractivity contribution in [3.8, 4) is 5.69 Å². The number of para-hydroxylation sites is 2. The number of hydrogen-bond acceptors (Lipinski definition) is 3. The van der Waals surface area contributed by atoms with Gasteiger partial charge in [0.05, 0.1) is 22.5 Å². The number of alkyl halides is 2. The highest BCUT2D eigenvalue weighted by atomic mass is 127. The highest BCUT2D eigenvalue weighted by Gasteiger charge is 2.45. The van der Waals surface area contributed by atoms with Crippen molar-refractivity contribution in [2.75, 3.05) is 9.33 Å². The van der Waals surface area contributed by atoms with E-state index in [1.807, 2.05) is 12.1 Å². The van der Waals surface area contributed by atoms with Crippen LogP contribution in [0.1, 0.15) is 11.5 Å². The molecule has 0 N–H and O–H groups in total. The maximum absolute atomic E-state index is 7.16. The molecule has 3 unspecified atom stereocenters. The highest BCUT2D eigenvalue weighted by molar-refractivity contribution is 6.24. The van der Waals surface area contributed by atoms with Gasteiger partial charge >= 0.3 is 21.2 Å². The molecular weight excluding hydrogens is 691 g/mol. The quantitative estimate of drug-likeness (QED) is 0.105. The number of allylic oxidation sites excluding steroid dienone is 5. The number of aromatic nitrogens is 1. The predicted molar refractivity (Wildman–Crippen MR) is 190 cm³/mol. The first-order valence-electron chi connectivity index (χ1n) is 16.2. The first-order chi connectivity index (χ1) is 23.3. The Morgan fingerprint density at radius 3 is 2.40 bits per heavy atom. The van der Waals surface area contributed by atoms with Gasteiger partial charge < -0.3 is 18.3 Å². The minimum atomic E-state index is -0.0435. The molecule has 2 aliphatic heterocycles. The van der Waals surface area contributed by atoms with Gasteiger partial charge in [0.1, 0.15) is 22.3 Å². The molecule has 0 saturated carbocycles. The van der Waals surface area contributed by atoms with Crippen molar-refractivity contribution in [1.29, 1.82) is 0 Å². The van der Waals surface area contributed by atoms with E-state index < -0.39 is 0 Å². The van der Waals surface area contributed by atoms with E-state index in [-0.39, 0.29) is 27.1 Å². The molecule has 0 radical (unpaired) electrons. The monoisotopic (exact) mass is 719 g/mol. The fraction of sp³-hybridized carbons (Fsp3) is 0.0952. The van der Waals surface area contributed by atoms with Crippen molar-refractivity contribution < 1.29 is 30.0 Å². The SMILES string of the molecule is C1=CC[I+]C(N2c3ccc4c(oc5c4ccc4c5c5ccccc5n4-c4ccc5oc6ccccc6c5c4)c3C3C=CC=CC32)C=C1. The van der Waals surface area contributed by atoms with E-state index in [9.17, 15) is 0 Å². The molecule has 11 rings (SSSR count). The van der Waals surface area contributed by atoms with Crippen LogP contribution in [-0.2, 0) is 0 Å². The summed E-state index contributed by atoms with van der Waals surface area (Å²) in [4.78, 5) is 2.68. The normalized spacial score (nSPS) is 20.4. The maximum Gasteiger partial charge on any atom is 0.305 e. The second-order valence-electron chi connectivity index (χ2n) is 12.6. The molecule has 4 nitrogen and oxygen atoms in total. The topological polar surface area (TPSA) is 34.5 Å². The zero-order valence-corrected chi connectivity index (χ0v) is 27.5. The van der Waals surface area contributed by atoms with Gasteiger partial charge in [0.15, 0.2) is 4.43 Å². The lowest BCUT2D eigenvalue weighted by Gasteiger charge is -2.28. The number of rotatable bonds is 2. The molecule has 3 aliphatic rings. The standard InChI is InChI=1S/C42H28IN2O2/c1-2-16-38(43-23-9-1)45-33-14-7-4-12-30(33)40-35(45)21-19-28-27-18-20-34-39(41(27)47-42(28)40)29-11-3-6-13-32(29)44(34)25-17-22-37-31(24-25)26-10-5-8-15-36(26)46-37/h1-22,24,30,33,38H,23H2/q+1. The van der Waals surface area contributed by atoms with Gasteiger partial charge in [-0.25, -0.2) is 0 Å². The zero-order chi connectivity index (χ0) is 30.6. The number of anilines is 1. The molecule has 0 bridgehead atoms. The van der Waals surface area contributed by atoms with Crippen LogP contribution in [0.3, 0.4) is 0 Å². The molecule has 0 spiro atoms. The van der Waals surface area contributed by atoms with E-state index in [0.29, 0.717) is 10.1 Å². The average Bonchev–Trinajstić information content (AvgIpc) is 3.80. The van der Waals surface area contributed by atoms with Crippen LogP contribution >= 0.6 is 0 Å². The summed E-state index contributed by atoms with van der Waals surface area (Å²) in [6.07, 6.45) is 18.4. The fourth-order valence-electron chi connectivity index (χ4n) is 8.27. The van der Waals surface area contributed by atoms with Gasteiger partial charge in [-0.3, -0.25) is 0 Å². The summed E-state index contributed by atoms with van der Waals surface area (Å²) in [7, 11) is 0. The Hall–Kier alpha value is -5.01. The number of halogens is 1. The predicted octanol–water partition coefficient (Wildman–Crippen LogP) is 7.52. The third-order valence-corrected chi connectivity index (χ3v) is 13.2. The van der Waals surface area contributed by atoms with Crippen LogP contribution in [0.25, 0.3) is 71.4 Å². The Kier molecular flexibility index (Phi) is 5.42. The summed E-state index contributed by atoms with van der Waals surface area (Å²) in [5, 5.41) is 6.98. The van der Waals surface area contributed by atoms with Crippen molar-refractivity contribution in [2.24, 2.45) is 0 Å². The average molecular weight is 720 g/mol. The molecule has 224 valence electrons. The second-order valence-corrected chi connectivity index (χ2v) is 15.7. The Morgan fingerprint density at radius 1 is 0.617 bits per heavy atom. The third-order valence-electron chi connectivity index (χ3n) is 10.2. The van der Waals surface area contributed by atoms with Crippen LogP contribution in [0.2, 0.25) is 0 Å². The summed E-state index contributed by atoms with van der Waals surface area (Å²) in [6.45, 7) is 0. The lowest BCUT2D eigenvalue weighted by Crippen LogP contribution is -3.66. The van der Waals surface area contributed by atoms with Crippen molar-refractivity contribution >= 4 is 71.4 Å². The number of benzene rings is 5. The first kappa shape index (κ1) is 26.1. The Bertz CT molecular complexity index is 2730. The van der Waals surface area contributed by atoms with Crippen molar-refractivity contribution in [1.82, 2.24) is 4.57 Å². The summed E-state index contributed by atoms with van der Waals surface area (Å²) in [6, 6.07) is 33.1. The van der Waals surface area contributed by atoms with E-state index in [0.717, 1.165) is 55.2 Å². The van der Waals surface area contributed by atoms with Gasteiger partial charge in [-0.1, -0.05) is 72.9 Å². The van der Waals surface area contributed by atoms with Gasteiger partial charge in [0.2, 0.25) is 4.05 Å². The highest BCUT2D eigenvalue weighted by Crippen LogP contribution is 2.50. The van der Waals surface area contributed by atoms with E-state index in [1.165, 1.54) is 31.8 Å². The molecule has 0 fully saturated rings. The van der Waals surface area contributed by atoms with E-state index >= 15 is 0 Å². The molecule has 5 aromatic carbocycles. The van der Waals surface area contributed by atoms with Crippen LogP contribution in [0.5, 0.6) is 0 Å². The smallest absolute Gasteiger partial charge is 0.305 e. The maximum atomic E-state index is 7.16. The molecule has 8 aromatic rings. The fourth-order valence-corrected chi connectivity index (χ4v) is 11.0. The lowest BCUT2D eigenvalue weighted by atomic mass is 9.90. The molecule has 47 heavy (non-hydrogen) atoms. The van der Waals surface area contributed by atoms with Crippen LogP contribution in [0.15, 0.2) is 148 Å². The molecule has 3 atom stereocenters. The molecule has 5 heterocycles. The minimum absolute atomic E-state index is 0.0435. The summed E-state index contributed by atoms with van der Waals surface area (Å²) in [5.74, 6) is 0.265. The summed E-state index contributed by atoms with van der Waals surface area (Å²) >= 11 is -0.0435. The molecule has 5 heteroatoms. The number of furan rings is 2. The lowest BCUT2D eigenvalue weighted by molar-refractivity contribution is -0.670. The molecular formula is C42H28IN2O2+. The van der Waals surface area contributed by atoms with Crippen molar-refractivity contribution in [3.63, 3.8) is 0 Å². The van der Waals surface area contributed by atoms with E-state index in [2.05, 4.69) is 137 Å². The van der Waals surface area contributed by atoms with Crippen molar-refractivity contribution in [3.05, 3.63) is 145 Å². The van der Waals surface area contributed by atoms with Gasteiger partial charge in [0, 0.05) is 49.8 Å². The molecule has 3 aromatic heterocycles. The van der Waals surface area contributed by atoms with Crippen LogP contribution in [0, 0.1) is 0 Å². The van der Waals surface area contributed by atoms with E-state index in [1.54, 1.807) is 0 Å². The van der Waals surface area contributed by atoms with Gasteiger partial charge in [-0.05, 0) is 66.7 Å². The molecule has 1 aliphatic carbocycles. The van der Waals surface area contributed by atoms with Crippen LogP contribution in [-0.4, -0.2) is 19.1 Å². The third kappa shape index (κ3) is 3.58. The van der Waals surface area contributed by atoms with Crippen molar-refractivity contribution in [2.45, 2.75) is 16.0 Å². The van der Waals surface area contributed by atoms with Gasteiger partial charge in [-0.2, -0.15) is 0 Å². The Morgan fingerprint density at radius 2 is 1.43 bits per heavy atom. The number of hydrogen-bond donors (Lipinski definition) is 0. The van der Waals surface area contributed by atoms with Crippen LogP contribution in [0.4, 0.5) is 5.69 Å². The Balaban J connectivity index is 1.17. The number of nitrogens with zero attached hydrogens (tertiary/aromatic N) is 2. The Labute approximate surface area is 280 Å². The first-order valence-corrected chi connectivity index (χ1v) is 19.0. The van der Waals surface area contributed by atoms with E-state index in [4.69, 9.17) is 8.83 Å². The largest absolute Gasteiger partial charge is 0.456 e. The second kappa shape index (κ2) is 9.75. The number of fused-ring (bicyclic) bond motifs is 14. The minimum Gasteiger partial charge on any atom is -0.456 e. The van der Waals surface area contributed by atoms with Gasteiger partial charge in [-0.15, -0.1) is 0 Å². The zero-order valence-electron chi connectivity index (χ0n) is 25.3. The molecule has 0 amide bonds. The summed E-state index contributed by atoms with van der Waals surface area (Å²) < 4.78 is 17.4.